The summed E-state index contributed by atoms with van der Waals surface area (Å²) in [7, 11) is 0. The summed E-state index contributed by atoms with van der Waals surface area (Å²) < 4.78 is 6.27. The van der Waals surface area contributed by atoms with Gasteiger partial charge in [0.05, 0.1) is 15.2 Å². The molecule has 1 aromatic heterocycles. The number of aromatic nitrogens is 1. The third kappa shape index (κ3) is 5.27. The number of carbonyl (C=O) groups excluding carboxylic acids is 2. The second-order valence-electron chi connectivity index (χ2n) is 7.03. The number of fused-ring (bicyclic) bond motifs is 1. The van der Waals surface area contributed by atoms with Gasteiger partial charge in [-0.05, 0) is 43.7 Å². The molecule has 1 heterocycles. The standard InChI is InChI=1S/C20H26N2O3S/c1-14-7-2-3-8-15(14)21-18(23)13-25-20(24)12-6-11-19-22-16-9-4-5-10-17(16)26-19/h4-5,9-10,14-15H,2-3,6-8,11-13H2,1H3,(H,21,23). The zero-order chi connectivity index (χ0) is 18.4. The first-order chi connectivity index (χ1) is 12.6. The van der Waals surface area contributed by atoms with E-state index in [1.54, 1.807) is 11.3 Å². The van der Waals surface area contributed by atoms with E-state index < -0.39 is 0 Å². The molecule has 1 aromatic carbocycles. The van der Waals surface area contributed by atoms with Crippen molar-refractivity contribution in [2.24, 2.45) is 5.92 Å². The van der Waals surface area contributed by atoms with Gasteiger partial charge in [-0.3, -0.25) is 9.59 Å². The SMILES string of the molecule is CC1CCCCC1NC(=O)COC(=O)CCCc1nc2ccccc2s1. The summed E-state index contributed by atoms with van der Waals surface area (Å²) in [5.41, 5.74) is 1.00. The maximum absolute atomic E-state index is 12.0. The summed E-state index contributed by atoms with van der Waals surface area (Å²) >= 11 is 1.66. The quantitative estimate of drug-likeness (QED) is 0.747. The Bertz CT molecular complexity index is 725. The molecule has 3 rings (SSSR count). The van der Waals surface area contributed by atoms with Crippen molar-refractivity contribution in [3.05, 3.63) is 29.3 Å². The number of nitrogens with one attached hydrogen (secondary N) is 1. The van der Waals surface area contributed by atoms with E-state index in [-0.39, 0.29) is 24.5 Å². The average molecular weight is 375 g/mol. The van der Waals surface area contributed by atoms with Gasteiger partial charge in [0.25, 0.3) is 5.91 Å². The van der Waals surface area contributed by atoms with Gasteiger partial charge in [0.2, 0.25) is 0 Å². The Balaban J connectivity index is 1.34. The van der Waals surface area contributed by atoms with Gasteiger partial charge in [-0.2, -0.15) is 0 Å². The molecule has 0 saturated heterocycles. The number of carbonyl (C=O) groups is 2. The summed E-state index contributed by atoms with van der Waals surface area (Å²) in [5.74, 6) is -0.0153. The van der Waals surface area contributed by atoms with Crippen molar-refractivity contribution in [3.8, 4) is 0 Å². The molecule has 2 aromatic rings. The first kappa shape index (κ1) is 18.8. The first-order valence-corrected chi connectivity index (χ1v) is 10.2. The first-order valence-electron chi connectivity index (χ1n) is 9.41. The molecule has 1 fully saturated rings. The largest absolute Gasteiger partial charge is 0.456 e. The van der Waals surface area contributed by atoms with Crippen molar-refractivity contribution in [1.82, 2.24) is 10.3 Å². The number of thiazole rings is 1. The van der Waals surface area contributed by atoms with Crippen LogP contribution in [0.25, 0.3) is 10.2 Å². The lowest BCUT2D eigenvalue weighted by atomic mass is 9.86. The number of nitrogens with zero attached hydrogens (tertiary/aromatic N) is 1. The molecule has 2 atom stereocenters. The van der Waals surface area contributed by atoms with Gasteiger partial charge in [-0.15, -0.1) is 11.3 Å². The van der Waals surface area contributed by atoms with E-state index in [0.29, 0.717) is 18.8 Å². The number of ether oxygens (including phenoxy) is 1. The molecule has 5 nitrogen and oxygen atoms in total. The maximum atomic E-state index is 12.0. The maximum Gasteiger partial charge on any atom is 0.306 e. The van der Waals surface area contributed by atoms with Gasteiger partial charge < -0.3 is 10.1 Å². The third-order valence-corrected chi connectivity index (χ3v) is 6.03. The predicted molar refractivity (Wildman–Crippen MR) is 103 cm³/mol. The van der Waals surface area contributed by atoms with Crippen LogP contribution in [0.5, 0.6) is 0 Å². The van der Waals surface area contributed by atoms with Crippen LogP contribution < -0.4 is 5.32 Å². The van der Waals surface area contributed by atoms with Crippen LogP contribution in [-0.4, -0.2) is 29.5 Å². The Labute approximate surface area is 158 Å². The topological polar surface area (TPSA) is 68.3 Å². The zero-order valence-electron chi connectivity index (χ0n) is 15.2. The van der Waals surface area contributed by atoms with Crippen molar-refractivity contribution in [1.29, 1.82) is 0 Å². The van der Waals surface area contributed by atoms with Crippen LogP contribution in [0.3, 0.4) is 0 Å². The molecule has 1 aliphatic rings. The molecule has 1 aliphatic carbocycles. The lowest BCUT2D eigenvalue weighted by molar-refractivity contribution is -0.149. The highest BCUT2D eigenvalue weighted by Gasteiger charge is 2.23. The molecule has 6 heteroatoms. The van der Waals surface area contributed by atoms with E-state index in [2.05, 4.69) is 23.3 Å². The summed E-state index contributed by atoms with van der Waals surface area (Å²) in [6, 6.07) is 8.24. The summed E-state index contributed by atoms with van der Waals surface area (Å²) in [6.07, 6.45) is 6.29. The Kier molecular flexibility index (Phi) is 6.61. The number of benzene rings is 1. The minimum Gasteiger partial charge on any atom is -0.456 e. The fourth-order valence-electron chi connectivity index (χ4n) is 3.41. The van der Waals surface area contributed by atoms with Crippen molar-refractivity contribution in [3.63, 3.8) is 0 Å². The van der Waals surface area contributed by atoms with E-state index in [4.69, 9.17) is 4.74 Å². The monoisotopic (exact) mass is 374 g/mol. The van der Waals surface area contributed by atoms with Crippen LogP contribution in [0.4, 0.5) is 0 Å². The van der Waals surface area contributed by atoms with Crippen LogP contribution >= 0.6 is 11.3 Å². The van der Waals surface area contributed by atoms with Gasteiger partial charge in [-0.25, -0.2) is 4.98 Å². The minimum atomic E-state index is -0.321. The number of rotatable bonds is 7. The molecular weight excluding hydrogens is 348 g/mol. The lowest BCUT2D eigenvalue weighted by Gasteiger charge is -2.29. The molecule has 26 heavy (non-hydrogen) atoms. The van der Waals surface area contributed by atoms with Crippen molar-refractivity contribution >= 4 is 33.4 Å². The zero-order valence-corrected chi connectivity index (χ0v) is 16.0. The summed E-state index contributed by atoms with van der Waals surface area (Å²) in [6.45, 7) is 1.99. The fraction of sp³-hybridized carbons (Fsp3) is 0.550. The minimum absolute atomic E-state index is 0.177. The normalized spacial score (nSPS) is 20.0. The molecule has 0 bridgehead atoms. The van der Waals surface area contributed by atoms with E-state index in [0.717, 1.165) is 36.2 Å². The third-order valence-electron chi connectivity index (χ3n) is 4.93. The van der Waals surface area contributed by atoms with Crippen LogP contribution in [0.1, 0.15) is 50.5 Å². The number of amides is 1. The van der Waals surface area contributed by atoms with Gasteiger partial charge in [-0.1, -0.05) is 31.9 Å². The highest BCUT2D eigenvalue weighted by Crippen LogP contribution is 2.24. The Hall–Kier alpha value is -1.95. The molecule has 0 radical (unpaired) electrons. The second kappa shape index (κ2) is 9.12. The number of esters is 1. The Morgan fingerprint density at radius 3 is 2.88 bits per heavy atom. The molecular formula is C20H26N2O3S. The van der Waals surface area contributed by atoms with Crippen LogP contribution in [-0.2, 0) is 20.7 Å². The average Bonchev–Trinajstić information content (AvgIpc) is 3.05. The number of hydrogen-bond donors (Lipinski definition) is 1. The fourth-order valence-corrected chi connectivity index (χ4v) is 4.42. The van der Waals surface area contributed by atoms with Gasteiger partial charge in [0.15, 0.2) is 6.61 Å². The molecule has 0 spiro atoms. The number of aryl methyl sites for hydroxylation is 1. The summed E-state index contributed by atoms with van der Waals surface area (Å²) in [4.78, 5) is 28.4. The van der Waals surface area contributed by atoms with Crippen LogP contribution in [0.2, 0.25) is 0 Å². The van der Waals surface area contributed by atoms with Crippen LogP contribution in [0, 0.1) is 5.92 Å². The highest BCUT2D eigenvalue weighted by atomic mass is 32.1. The predicted octanol–water partition coefficient (Wildman–Crippen LogP) is 3.86. The Morgan fingerprint density at radius 1 is 1.27 bits per heavy atom. The lowest BCUT2D eigenvalue weighted by Crippen LogP contribution is -2.42. The highest BCUT2D eigenvalue weighted by molar-refractivity contribution is 7.18. The second-order valence-corrected chi connectivity index (χ2v) is 8.14. The molecule has 0 aliphatic heterocycles. The molecule has 2 unspecified atom stereocenters. The summed E-state index contributed by atoms with van der Waals surface area (Å²) in [5, 5.41) is 4.03. The van der Waals surface area contributed by atoms with Gasteiger partial charge >= 0.3 is 5.97 Å². The van der Waals surface area contributed by atoms with Crippen molar-refractivity contribution in [2.75, 3.05) is 6.61 Å². The van der Waals surface area contributed by atoms with E-state index in [1.807, 2.05) is 18.2 Å². The molecule has 1 N–H and O–H groups in total. The molecule has 140 valence electrons. The van der Waals surface area contributed by atoms with Crippen molar-refractivity contribution < 1.29 is 14.3 Å². The van der Waals surface area contributed by atoms with Crippen molar-refractivity contribution in [2.45, 2.75) is 57.9 Å². The molecule has 1 amide bonds. The van der Waals surface area contributed by atoms with Gasteiger partial charge in [0, 0.05) is 12.5 Å². The molecule has 1 saturated carbocycles. The smallest absolute Gasteiger partial charge is 0.306 e. The number of para-hydroxylation sites is 1. The van der Waals surface area contributed by atoms with Crippen LogP contribution in [0.15, 0.2) is 24.3 Å². The van der Waals surface area contributed by atoms with E-state index in [1.165, 1.54) is 11.1 Å². The van der Waals surface area contributed by atoms with E-state index in [9.17, 15) is 9.59 Å². The van der Waals surface area contributed by atoms with E-state index >= 15 is 0 Å². The number of hydrogen-bond acceptors (Lipinski definition) is 5. The van der Waals surface area contributed by atoms with Gasteiger partial charge in [0.1, 0.15) is 0 Å². The Morgan fingerprint density at radius 2 is 2.08 bits per heavy atom.